The Morgan fingerprint density at radius 2 is 2.15 bits per heavy atom. The van der Waals surface area contributed by atoms with E-state index in [1.54, 1.807) is 18.3 Å². The van der Waals surface area contributed by atoms with Gasteiger partial charge in [0.05, 0.1) is 5.39 Å². The maximum absolute atomic E-state index is 13.0. The number of carbonyl (C=O) groups is 1. The molecular formula is C20H21N3O3S. The molecule has 0 saturated heterocycles. The van der Waals surface area contributed by atoms with Gasteiger partial charge in [-0.05, 0) is 43.2 Å². The lowest BCUT2D eigenvalue weighted by molar-refractivity contribution is -0.148. The van der Waals surface area contributed by atoms with E-state index in [0.29, 0.717) is 16.1 Å². The van der Waals surface area contributed by atoms with Gasteiger partial charge in [-0.25, -0.2) is 4.79 Å². The van der Waals surface area contributed by atoms with Crippen molar-refractivity contribution >= 4 is 27.5 Å². The molecule has 4 rings (SSSR count). The number of ether oxygens (including phenoxy) is 1. The predicted molar refractivity (Wildman–Crippen MR) is 104 cm³/mol. The number of esters is 1. The molecule has 6 nitrogen and oxygen atoms in total. The second kappa shape index (κ2) is 7.23. The van der Waals surface area contributed by atoms with Crippen molar-refractivity contribution in [1.82, 2.24) is 15.0 Å². The van der Waals surface area contributed by atoms with Crippen LogP contribution < -0.4 is 5.56 Å². The Bertz CT molecular complexity index is 1040. The van der Waals surface area contributed by atoms with Crippen LogP contribution in [-0.2, 0) is 29.0 Å². The summed E-state index contributed by atoms with van der Waals surface area (Å²) in [6.45, 7) is 4.01. The van der Waals surface area contributed by atoms with Crippen LogP contribution in [0.25, 0.3) is 10.2 Å². The molecule has 2 unspecified atom stereocenters. The number of fused-ring (bicyclic) bond motifs is 3. The molecule has 2 aromatic heterocycles. The zero-order valence-electron chi connectivity index (χ0n) is 15.3. The maximum atomic E-state index is 13.0. The minimum Gasteiger partial charge on any atom is -0.459 e. The van der Waals surface area contributed by atoms with Crippen LogP contribution in [0.15, 0.2) is 35.1 Å². The number of aromatic nitrogens is 3. The van der Waals surface area contributed by atoms with Crippen molar-refractivity contribution in [2.24, 2.45) is 5.92 Å². The number of hydrogen-bond donors (Lipinski definition) is 0. The molecule has 1 aliphatic carbocycles. The zero-order valence-corrected chi connectivity index (χ0v) is 16.2. The van der Waals surface area contributed by atoms with E-state index < -0.39 is 12.0 Å². The summed E-state index contributed by atoms with van der Waals surface area (Å²) in [4.78, 5) is 27.3. The average molecular weight is 383 g/mol. The summed E-state index contributed by atoms with van der Waals surface area (Å²) in [5, 5.41) is 8.85. The highest BCUT2D eigenvalue weighted by molar-refractivity contribution is 7.18. The van der Waals surface area contributed by atoms with Gasteiger partial charge in [-0.1, -0.05) is 42.5 Å². The fourth-order valence-corrected chi connectivity index (χ4v) is 4.79. The molecule has 0 bridgehead atoms. The van der Waals surface area contributed by atoms with Gasteiger partial charge in [0, 0.05) is 4.88 Å². The lowest BCUT2D eigenvalue weighted by atomic mass is 9.89. The molecule has 3 aromatic rings. The van der Waals surface area contributed by atoms with Gasteiger partial charge in [0.2, 0.25) is 0 Å². The SMILES string of the molecule is CC1CCc2c(sc3nnn(C(C)C(=O)OCc4ccccc4)c(=O)c23)C1. The van der Waals surface area contributed by atoms with Crippen molar-refractivity contribution < 1.29 is 9.53 Å². The molecule has 0 saturated carbocycles. The van der Waals surface area contributed by atoms with Crippen molar-refractivity contribution in [3.8, 4) is 0 Å². The van der Waals surface area contributed by atoms with Gasteiger partial charge in [-0.15, -0.1) is 16.4 Å². The minimum atomic E-state index is -0.823. The number of nitrogens with zero attached hydrogens (tertiary/aromatic N) is 3. The first-order valence-electron chi connectivity index (χ1n) is 9.15. The Balaban J connectivity index is 1.60. The summed E-state index contributed by atoms with van der Waals surface area (Å²) < 4.78 is 6.51. The van der Waals surface area contributed by atoms with Crippen molar-refractivity contribution in [3.63, 3.8) is 0 Å². The van der Waals surface area contributed by atoms with E-state index in [2.05, 4.69) is 17.2 Å². The topological polar surface area (TPSA) is 74.1 Å². The number of thiophene rings is 1. The Labute approximate surface area is 160 Å². The summed E-state index contributed by atoms with van der Waals surface area (Å²) >= 11 is 1.55. The maximum Gasteiger partial charge on any atom is 0.331 e. The summed E-state index contributed by atoms with van der Waals surface area (Å²) in [6.07, 6.45) is 2.92. The molecule has 0 radical (unpaired) electrons. The smallest absolute Gasteiger partial charge is 0.331 e. The lowest BCUT2D eigenvalue weighted by Gasteiger charge is -2.17. The van der Waals surface area contributed by atoms with Gasteiger partial charge < -0.3 is 4.74 Å². The van der Waals surface area contributed by atoms with Crippen LogP contribution in [0.3, 0.4) is 0 Å². The molecule has 7 heteroatoms. The van der Waals surface area contributed by atoms with Gasteiger partial charge in [0.25, 0.3) is 5.56 Å². The summed E-state index contributed by atoms with van der Waals surface area (Å²) in [5.41, 5.74) is 1.73. The monoisotopic (exact) mass is 383 g/mol. The molecule has 1 aliphatic rings. The highest BCUT2D eigenvalue weighted by Crippen LogP contribution is 2.35. The molecule has 0 N–H and O–H groups in total. The summed E-state index contributed by atoms with van der Waals surface area (Å²) in [5.74, 6) is 0.125. The Kier molecular flexibility index (Phi) is 4.78. The van der Waals surface area contributed by atoms with Gasteiger partial charge in [0.15, 0.2) is 10.9 Å². The first-order chi connectivity index (χ1) is 13.0. The quantitative estimate of drug-likeness (QED) is 0.647. The lowest BCUT2D eigenvalue weighted by Crippen LogP contribution is -2.32. The van der Waals surface area contributed by atoms with Gasteiger partial charge in [-0.3, -0.25) is 4.79 Å². The van der Waals surface area contributed by atoms with E-state index in [0.717, 1.165) is 35.1 Å². The fraction of sp³-hybridized carbons (Fsp3) is 0.400. The van der Waals surface area contributed by atoms with E-state index in [-0.39, 0.29) is 12.2 Å². The third kappa shape index (κ3) is 3.39. The second-order valence-corrected chi connectivity index (χ2v) is 8.22. The Morgan fingerprint density at radius 1 is 1.37 bits per heavy atom. The van der Waals surface area contributed by atoms with Crippen molar-refractivity contribution in [3.05, 3.63) is 56.7 Å². The first kappa shape index (κ1) is 17.9. The number of carbonyl (C=O) groups excluding carboxylic acids is 1. The van der Waals surface area contributed by atoms with Gasteiger partial charge in [0.1, 0.15) is 6.61 Å². The third-order valence-electron chi connectivity index (χ3n) is 5.08. The van der Waals surface area contributed by atoms with Crippen LogP contribution in [0.4, 0.5) is 0 Å². The third-order valence-corrected chi connectivity index (χ3v) is 6.22. The molecule has 1 aromatic carbocycles. The van der Waals surface area contributed by atoms with Crippen LogP contribution in [0, 0.1) is 5.92 Å². The standard InChI is InChI=1S/C20H21N3O3S/c1-12-8-9-15-16(10-12)27-18-17(15)19(24)23(22-21-18)13(2)20(25)26-11-14-6-4-3-5-7-14/h3-7,12-13H,8-11H2,1-2H3. The first-order valence-corrected chi connectivity index (χ1v) is 9.96. The number of rotatable bonds is 4. The molecule has 2 heterocycles. The molecule has 0 aliphatic heterocycles. The average Bonchev–Trinajstić information content (AvgIpc) is 3.05. The molecule has 0 fully saturated rings. The summed E-state index contributed by atoms with van der Waals surface area (Å²) in [7, 11) is 0. The van der Waals surface area contributed by atoms with Crippen molar-refractivity contribution in [1.29, 1.82) is 0 Å². The van der Waals surface area contributed by atoms with E-state index in [4.69, 9.17) is 4.74 Å². The number of hydrogen-bond acceptors (Lipinski definition) is 6. The van der Waals surface area contributed by atoms with Crippen molar-refractivity contribution in [2.75, 3.05) is 0 Å². The van der Waals surface area contributed by atoms with Gasteiger partial charge >= 0.3 is 5.97 Å². The van der Waals surface area contributed by atoms with Crippen LogP contribution in [0.1, 0.15) is 42.3 Å². The Morgan fingerprint density at radius 3 is 2.93 bits per heavy atom. The van der Waals surface area contributed by atoms with Crippen molar-refractivity contribution in [2.45, 2.75) is 45.8 Å². The van der Waals surface area contributed by atoms with Crippen LogP contribution in [0.2, 0.25) is 0 Å². The molecule has 0 spiro atoms. The Hall–Kier alpha value is -2.54. The molecular weight excluding hydrogens is 362 g/mol. The van der Waals surface area contributed by atoms with Crippen LogP contribution >= 0.6 is 11.3 Å². The molecule has 2 atom stereocenters. The van der Waals surface area contributed by atoms with E-state index >= 15 is 0 Å². The molecule has 0 amide bonds. The highest BCUT2D eigenvalue weighted by atomic mass is 32.1. The minimum absolute atomic E-state index is 0.167. The summed E-state index contributed by atoms with van der Waals surface area (Å²) in [6, 6.07) is 8.62. The number of benzene rings is 1. The van der Waals surface area contributed by atoms with E-state index in [1.165, 1.54) is 4.88 Å². The predicted octanol–water partition coefficient (Wildman–Crippen LogP) is 3.28. The largest absolute Gasteiger partial charge is 0.459 e. The second-order valence-electron chi connectivity index (χ2n) is 7.14. The molecule has 27 heavy (non-hydrogen) atoms. The number of aryl methyl sites for hydroxylation is 1. The normalized spacial score (nSPS) is 17.5. The van der Waals surface area contributed by atoms with E-state index in [9.17, 15) is 9.59 Å². The van der Waals surface area contributed by atoms with Crippen LogP contribution in [0.5, 0.6) is 0 Å². The highest BCUT2D eigenvalue weighted by Gasteiger charge is 2.26. The fourth-order valence-electron chi connectivity index (χ4n) is 3.47. The van der Waals surface area contributed by atoms with Crippen LogP contribution in [-0.4, -0.2) is 21.0 Å². The zero-order chi connectivity index (χ0) is 19.0. The molecule has 140 valence electrons. The van der Waals surface area contributed by atoms with E-state index in [1.807, 2.05) is 30.3 Å². The van der Waals surface area contributed by atoms with Gasteiger partial charge in [-0.2, -0.15) is 4.68 Å².